The van der Waals surface area contributed by atoms with E-state index in [1.807, 2.05) is 0 Å². The van der Waals surface area contributed by atoms with Gasteiger partial charge in [-0.25, -0.2) is 14.2 Å². The van der Waals surface area contributed by atoms with Crippen LogP contribution >= 0.6 is 22.7 Å². The molecule has 154 valence electrons. The molecule has 2 N–H and O–H groups in total. The van der Waals surface area contributed by atoms with E-state index in [9.17, 15) is 9.18 Å². The summed E-state index contributed by atoms with van der Waals surface area (Å²) in [6.07, 6.45) is 0.725. The van der Waals surface area contributed by atoms with Crippen LogP contribution in [0.25, 0.3) is 10.2 Å². The fraction of sp³-hybridized carbons (Fsp3) is 0.429. The van der Waals surface area contributed by atoms with E-state index in [0.29, 0.717) is 17.3 Å². The maximum atomic E-state index is 13.5. The summed E-state index contributed by atoms with van der Waals surface area (Å²) in [5.41, 5.74) is 1.90. The Hall–Kier alpha value is -2.03. The number of esters is 1. The molecule has 0 bridgehead atoms. The third kappa shape index (κ3) is 3.76. The van der Waals surface area contributed by atoms with E-state index in [2.05, 4.69) is 43.3 Å². The van der Waals surface area contributed by atoms with E-state index >= 15 is 0 Å². The first-order chi connectivity index (χ1) is 13.6. The Labute approximate surface area is 177 Å². The predicted octanol–water partition coefficient (Wildman–Crippen LogP) is 5.58. The lowest BCUT2D eigenvalue weighted by molar-refractivity contribution is 0.0525. The standard InChI is InChI=1S/C21H24FN3O2S2/c1-6-27-18(26)15-12-10-20(2,3)25-21(4,5)16(12)29-17(15)24-19-23-13-8-7-11(22)9-14(13)28-19/h7-9,25H,6,10H2,1-5H3,(H,23,24). The van der Waals surface area contributed by atoms with Crippen molar-refractivity contribution in [1.82, 2.24) is 10.3 Å². The molecule has 0 atom stereocenters. The van der Waals surface area contributed by atoms with Crippen molar-refractivity contribution in [3.8, 4) is 0 Å². The monoisotopic (exact) mass is 433 g/mol. The Bertz CT molecular complexity index is 1100. The largest absolute Gasteiger partial charge is 0.462 e. The van der Waals surface area contributed by atoms with Gasteiger partial charge in [0, 0.05) is 16.0 Å². The number of aromatic nitrogens is 1. The van der Waals surface area contributed by atoms with E-state index in [4.69, 9.17) is 4.74 Å². The molecule has 1 aliphatic heterocycles. The molecule has 1 aromatic carbocycles. The Kier molecular flexibility index (Phi) is 4.91. The van der Waals surface area contributed by atoms with Crippen LogP contribution in [0.3, 0.4) is 0 Å². The molecule has 4 rings (SSSR count). The fourth-order valence-electron chi connectivity index (χ4n) is 4.08. The zero-order valence-electron chi connectivity index (χ0n) is 17.1. The second-order valence-corrected chi connectivity index (χ2v) is 10.5. The summed E-state index contributed by atoms with van der Waals surface area (Å²) in [6.45, 7) is 10.7. The van der Waals surface area contributed by atoms with Crippen LogP contribution in [0.2, 0.25) is 0 Å². The third-order valence-electron chi connectivity index (χ3n) is 4.89. The topological polar surface area (TPSA) is 63.2 Å². The number of thiophene rings is 1. The van der Waals surface area contributed by atoms with E-state index in [0.717, 1.165) is 32.1 Å². The Morgan fingerprint density at radius 1 is 1.31 bits per heavy atom. The summed E-state index contributed by atoms with van der Waals surface area (Å²) < 4.78 is 19.7. The number of benzene rings is 1. The van der Waals surface area contributed by atoms with Gasteiger partial charge in [-0.05, 0) is 64.8 Å². The lowest BCUT2D eigenvalue weighted by Crippen LogP contribution is -2.55. The summed E-state index contributed by atoms with van der Waals surface area (Å²) in [7, 11) is 0. The first-order valence-electron chi connectivity index (χ1n) is 9.55. The molecule has 1 aliphatic rings. The fourth-order valence-corrected chi connectivity index (χ4v) is 6.31. The van der Waals surface area contributed by atoms with Crippen molar-refractivity contribution in [3.05, 3.63) is 40.0 Å². The smallest absolute Gasteiger partial charge is 0.341 e. The minimum absolute atomic E-state index is 0.149. The molecule has 0 saturated carbocycles. The number of ether oxygens (including phenoxy) is 1. The van der Waals surface area contributed by atoms with Crippen molar-refractivity contribution in [2.24, 2.45) is 0 Å². The number of rotatable bonds is 4. The van der Waals surface area contributed by atoms with Crippen LogP contribution in [0.15, 0.2) is 18.2 Å². The highest BCUT2D eigenvalue weighted by Gasteiger charge is 2.42. The van der Waals surface area contributed by atoms with Gasteiger partial charge in [0.2, 0.25) is 0 Å². The highest BCUT2D eigenvalue weighted by molar-refractivity contribution is 7.23. The van der Waals surface area contributed by atoms with E-state index < -0.39 is 0 Å². The quantitative estimate of drug-likeness (QED) is 0.526. The zero-order chi connectivity index (χ0) is 21.0. The van der Waals surface area contributed by atoms with Crippen LogP contribution in [0.1, 0.15) is 55.4 Å². The molecular formula is C21H24FN3O2S2. The number of carbonyl (C=O) groups is 1. The van der Waals surface area contributed by atoms with Crippen molar-refractivity contribution >= 4 is 49.0 Å². The molecule has 2 aromatic heterocycles. The van der Waals surface area contributed by atoms with Crippen LogP contribution in [0.4, 0.5) is 14.5 Å². The first kappa shape index (κ1) is 20.3. The second-order valence-electron chi connectivity index (χ2n) is 8.40. The van der Waals surface area contributed by atoms with Crippen molar-refractivity contribution in [1.29, 1.82) is 0 Å². The maximum Gasteiger partial charge on any atom is 0.341 e. The number of nitrogens with one attached hydrogen (secondary N) is 2. The van der Waals surface area contributed by atoms with Gasteiger partial charge in [-0.2, -0.15) is 0 Å². The normalized spacial score (nSPS) is 17.2. The van der Waals surface area contributed by atoms with Gasteiger partial charge in [0.1, 0.15) is 10.8 Å². The van der Waals surface area contributed by atoms with Crippen LogP contribution in [0, 0.1) is 5.82 Å². The molecule has 8 heteroatoms. The van der Waals surface area contributed by atoms with Gasteiger partial charge in [-0.15, -0.1) is 11.3 Å². The number of carbonyl (C=O) groups excluding carboxylic acids is 1. The average Bonchev–Trinajstić information content (AvgIpc) is 3.14. The minimum Gasteiger partial charge on any atom is -0.462 e. The molecule has 0 spiro atoms. The number of halogens is 1. The molecule has 3 aromatic rings. The van der Waals surface area contributed by atoms with E-state index in [1.54, 1.807) is 24.3 Å². The Balaban J connectivity index is 1.81. The number of fused-ring (bicyclic) bond motifs is 2. The molecule has 0 radical (unpaired) electrons. The molecule has 0 fully saturated rings. The highest BCUT2D eigenvalue weighted by Crippen LogP contribution is 2.46. The van der Waals surface area contributed by atoms with Gasteiger partial charge >= 0.3 is 5.97 Å². The average molecular weight is 434 g/mol. The van der Waals surface area contributed by atoms with Crippen LogP contribution in [0.5, 0.6) is 0 Å². The summed E-state index contributed by atoms with van der Waals surface area (Å²) in [6, 6.07) is 4.53. The first-order valence-corrected chi connectivity index (χ1v) is 11.2. The maximum absolute atomic E-state index is 13.5. The predicted molar refractivity (Wildman–Crippen MR) is 117 cm³/mol. The molecule has 0 saturated heterocycles. The summed E-state index contributed by atoms with van der Waals surface area (Å²) in [5.74, 6) is -0.616. The van der Waals surface area contributed by atoms with Crippen molar-refractivity contribution < 1.29 is 13.9 Å². The molecule has 5 nitrogen and oxygen atoms in total. The lowest BCUT2D eigenvalue weighted by atomic mass is 9.81. The van der Waals surface area contributed by atoms with Gasteiger partial charge < -0.3 is 15.4 Å². The van der Waals surface area contributed by atoms with Gasteiger partial charge in [-0.1, -0.05) is 11.3 Å². The van der Waals surface area contributed by atoms with Crippen molar-refractivity contribution in [3.63, 3.8) is 0 Å². The summed E-state index contributed by atoms with van der Waals surface area (Å²) in [5, 5.41) is 8.33. The number of nitrogens with zero attached hydrogens (tertiary/aromatic N) is 1. The van der Waals surface area contributed by atoms with Gasteiger partial charge in [0.15, 0.2) is 5.13 Å². The molecule has 29 heavy (non-hydrogen) atoms. The molecule has 0 amide bonds. The minimum atomic E-state index is -0.326. The number of thiazole rings is 1. The van der Waals surface area contributed by atoms with Crippen molar-refractivity contribution in [2.45, 2.75) is 52.1 Å². The molecular weight excluding hydrogens is 409 g/mol. The van der Waals surface area contributed by atoms with Crippen LogP contribution in [-0.4, -0.2) is 23.1 Å². The number of hydrogen-bond acceptors (Lipinski definition) is 7. The van der Waals surface area contributed by atoms with Crippen LogP contribution in [-0.2, 0) is 16.7 Å². The SMILES string of the molecule is CCOC(=O)c1c(Nc2nc3ccc(F)cc3s2)sc2c1CC(C)(C)NC2(C)C. The third-order valence-corrected chi connectivity index (χ3v) is 7.30. The molecule has 0 aliphatic carbocycles. The molecule has 0 unspecified atom stereocenters. The number of hydrogen-bond donors (Lipinski definition) is 2. The van der Waals surface area contributed by atoms with E-state index in [-0.39, 0.29) is 22.9 Å². The van der Waals surface area contributed by atoms with E-state index in [1.165, 1.54) is 23.5 Å². The van der Waals surface area contributed by atoms with Crippen molar-refractivity contribution in [2.75, 3.05) is 11.9 Å². The zero-order valence-corrected chi connectivity index (χ0v) is 18.7. The highest BCUT2D eigenvalue weighted by atomic mass is 32.1. The number of anilines is 2. The lowest BCUT2D eigenvalue weighted by Gasteiger charge is -2.42. The molecule has 3 heterocycles. The Morgan fingerprint density at radius 2 is 2.07 bits per heavy atom. The van der Waals surface area contributed by atoms with Gasteiger partial charge in [-0.3, -0.25) is 0 Å². The summed E-state index contributed by atoms with van der Waals surface area (Å²) >= 11 is 2.91. The second kappa shape index (κ2) is 7.04. The van der Waals surface area contributed by atoms with Crippen LogP contribution < -0.4 is 10.6 Å². The van der Waals surface area contributed by atoms with Gasteiger partial charge in [0.25, 0.3) is 0 Å². The Morgan fingerprint density at radius 3 is 2.79 bits per heavy atom. The van der Waals surface area contributed by atoms with Gasteiger partial charge in [0.05, 0.1) is 22.4 Å². The summed E-state index contributed by atoms with van der Waals surface area (Å²) in [4.78, 5) is 18.6.